The highest BCUT2D eigenvalue weighted by molar-refractivity contribution is 5.68. The van der Waals surface area contributed by atoms with Crippen LogP contribution in [0.15, 0.2) is 24.5 Å². The zero-order chi connectivity index (χ0) is 28.4. The highest BCUT2D eigenvalue weighted by Crippen LogP contribution is 2.62. The predicted molar refractivity (Wildman–Crippen MR) is 162 cm³/mol. The van der Waals surface area contributed by atoms with Crippen molar-refractivity contribution in [3.05, 3.63) is 30.1 Å². The van der Waals surface area contributed by atoms with Crippen molar-refractivity contribution in [2.24, 2.45) is 34.5 Å². The van der Waals surface area contributed by atoms with Crippen LogP contribution in [0.5, 0.6) is 0 Å². The average Bonchev–Trinajstić information content (AvgIpc) is 3.30. The second-order valence-electron chi connectivity index (χ2n) is 13.8. The largest absolute Gasteiger partial charge is 0.469 e. The summed E-state index contributed by atoms with van der Waals surface area (Å²) in [5, 5.41) is 17.4. The number of aliphatic hydroxyl groups excluding tert-OH is 1. The number of unbranched alkanes of at least 4 members (excludes halogenated alkanes) is 1. The van der Waals surface area contributed by atoms with Gasteiger partial charge in [0.05, 0.1) is 7.11 Å². The Labute approximate surface area is 243 Å². The molecular weight excluding hydrogens is 498 g/mol. The SMILES string of the molecule is COC(=O)CCCC1CCC2CC(C3(C)CCC(NCCCCNCc4cccnc4)C[C@@H]3CCO)CCC12C. The fourth-order valence-electron chi connectivity index (χ4n) is 8.97. The number of pyridine rings is 1. The summed E-state index contributed by atoms with van der Waals surface area (Å²) in [7, 11) is 1.50. The zero-order valence-electron chi connectivity index (χ0n) is 25.6. The van der Waals surface area contributed by atoms with Crippen molar-refractivity contribution in [2.75, 3.05) is 26.8 Å². The highest BCUT2D eigenvalue weighted by atomic mass is 16.5. The number of aromatic nitrogens is 1. The smallest absolute Gasteiger partial charge is 0.305 e. The van der Waals surface area contributed by atoms with Gasteiger partial charge in [0.25, 0.3) is 0 Å². The first-order chi connectivity index (χ1) is 19.4. The van der Waals surface area contributed by atoms with Crippen LogP contribution in [0.1, 0.15) is 109 Å². The number of rotatable bonds is 15. The van der Waals surface area contributed by atoms with E-state index >= 15 is 0 Å². The van der Waals surface area contributed by atoms with Gasteiger partial charge in [-0.25, -0.2) is 0 Å². The first kappa shape index (κ1) is 31.4. The van der Waals surface area contributed by atoms with Crippen LogP contribution in [0, 0.1) is 34.5 Å². The molecule has 0 aromatic carbocycles. The minimum Gasteiger partial charge on any atom is -0.469 e. The van der Waals surface area contributed by atoms with Gasteiger partial charge in [-0.05, 0) is 143 Å². The van der Waals surface area contributed by atoms with Gasteiger partial charge in [-0.1, -0.05) is 19.9 Å². The van der Waals surface area contributed by atoms with Gasteiger partial charge in [-0.15, -0.1) is 0 Å². The summed E-state index contributed by atoms with van der Waals surface area (Å²) in [4.78, 5) is 15.8. The first-order valence-corrected chi connectivity index (χ1v) is 16.4. The molecule has 0 saturated heterocycles. The van der Waals surface area contributed by atoms with Gasteiger partial charge < -0.3 is 20.5 Å². The number of nitrogens with one attached hydrogen (secondary N) is 2. The molecule has 3 N–H and O–H groups in total. The van der Waals surface area contributed by atoms with Crippen molar-refractivity contribution >= 4 is 5.97 Å². The number of hydrogen-bond acceptors (Lipinski definition) is 6. The van der Waals surface area contributed by atoms with Crippen LogP contribution in [-0.4, -0.2) is 48.9 Å². The van der Waals surface area contributed by atoms with E-state index in [0.29, 0.717) is 35.8 Å². The van der Waals surface area contributed by atoms with Gasteiger partial charge in [-0.3, -0.25) is 9.78 Å². The van der Waals surface area contributed by atoms with Gasteiger partial charge in [0.2, 0.25) is 0 Å². The van der Waals surface area contributed by atoms with Crippen LogP contribution in [0.4, 0.5) is 0 Å². The molecule has 0 spiro atoms. The molecule has 7 atom stereocenters. The van der Waals surface area contributed by atoms with E-state index in [2.05, 4.69) is 35.5 Å². The Balaban J connectivity index is 1.20. The van der Waals surface area contributed by atoms with Crippen LogP contribution in [0.25, 0.3) is 0 Å². The van der Waals surface area contributed by atoms with Crippen molar-refractivity contribution < 1.29 is 14.6 Å². The maximum absolute atomic E-state index is 11.6. The standard InChI is InChI=1S/C34H57N3O3/c1-33-16-13-29(22-28(33)12-11-27(33)9-6-10-32(39)40-3)34(2)17-14-31(23-30(34)15-21-38)37-20-5-4-18-35-24-26-8-7-19-36-25-26/h7-8,19,25,27-31,35,37-38H,4-6,9-18,20-24H2,1-3H3/t27?,28?,29?,30-,31?,33?,34?/m0/s1. The van der Waals surface area contributed by atoms with E-state index in [1.165, 1.54) is 83.3 Å². The maximum Gasteiger partial charge on any atom is 0.305 e. The quantitative estimate of drug-likeness (QED) is 0.175. The summed E-state index contributed by atoms with van der Waals surface area (Å²) in [6.07, 6.45) is 20.3. The Morgan fingerprint density at radius 2 is 1.77 bits per heavy atom. The van der Waals surface area contributed by atoms with Crippen LogP contribution in [-0.2, 0) is 16.1 Å². The summed E-state index contributed by atoms with van der Waals surface area (Å²) in [6, 6.07) is 4.70. The third kappa shape index (κ3) is 7.86. The number of carbonyl (C=O) groups is 1. The first-order valence-electron chi connectivity index (χ1n) is 16.4. The monoisotopic (exact) mass is 555 g/mol. The van der Waals surface area contributed by atoms with Crippen molar-refractivity contribution in [1.82, 2.24) is 15.6 Å². The topological polar surface area (TPSA) is 83.5 Å². The third-order valence-electron chi connectivity index (χ3n) is 11.7. The molecule has 4 rings (SSSR count). The van der Waals surface area contributed by atoms with Crippen molar-refractivity contribution in [2.45, 2.75) is 116 Å². The number of hydrogen-bond donors (Lipinski definition) is 3. The molecule has 0 bridgehead atoms. The summed E-state index contributed by atoms with van der Waals surface area (Å²) in [5.74, 6) is 2.91. The fraction of sp³-hybridized carbons (Fsp3) is 0.824. The minimum absolute atomic E-state index is 0.0647. The molecule has 1 aromatic heterocycles. The molecule has 3 aliphatic carbocycles. The van der Waals surface area contributed by atoms with Crippen molar-refractivity contribution in [3.8, 4) is 0 Å². The molecule has 6 nitrogen and oxygen atoms in total. The lowest BCUT2D eigenvalue weighted by molar-refractivity contribution is -0.140. The summed E-state index contributed by atoms with van der Waals surface area (Å²) in [5.41, 5.74) is 2.04. The van der Waals surface area contributed by atoms with Gasteiger partial charge >= 0.3 is 5.97 Å². The summed E-state index contributed by atoms with van der Waals surface area (Å²) >= 11 is 0. The predicted octanol–water partition coefficient (Wildman–Crippen LogP) is 6.27. The Bertz CT molecular complexity index is 898. The van der Waals surface area contributed by atoms with E-state index in [-0.39, 0.29) is 5.97 Å². The number of nitrogens with zero attached hydrogens (tertiary/aromatic N) is 1. The highest BCUT2D eigenvalue weighted by Gasteiger charge is 2.53. The number of methoxy groups -OCH3 is 1. The Hall–Kier alpha value is -1.50. The van der Waals surface area contributed by atoms with E-state index < -0.39 is 0 Å². The second kappa shape index (κ2) is 15.1. The van der Waals surface area contributed by atoms with Gasteiger partial charge in [-0.2, -0.15) is 0 Å². The summed E-state index contributed by atoms with van der Waals surface area (Å²) < 4.78 is 4.87. The van der Waals surface area contributed by atoms with Gasteiger partial charge in [0.1, 0.15) is 0 Å². The van der Waals surface area contributed by atoms with E-state index in [1.807, 2.05) is 18.5 Å². The lowest BCUT2D eigenvalue weighted by atomic mass is 9.51. The molecule has 6 unspecified atom stereocenters. The van der Waals surface area contributed by atoms with Gasteiger partial charge in [0, 0.05) is 38.0 Å². The Kier molecular flexibility index (Phi) is 11.9. The third-order valence-corrected chi connectivity index (χ3v) is 11.7. The van der Waals surface area contributed by atoms with E-state index in [9.17, 15) is 9.90 Å². The number of carbonyl (C=O) groups excluding carboxylic acids is 1. The Morgan fingerprint density at radius 3 is 2.55 bits per heavy atom. The minimum atomic E-state index is -0.0647. The molecule has 0 amide bonds. The number of fused-ring (bicyclic) bond motifs is 1. The Morgan fingerprint density at radius 1 is 1.00 bits per heavy atom. The molecule has 1 aromatic rings. The van der Waals surface area contributed by atoms with Crippen LogP contribution in [0.2, 0.25) is 0 Å². The average molecular weight is 556 g/mol. The van der Waals surface area contributed by atoms with Crippen LogP contribution < -0.4 is 10.6 Å². The molecule has 3 aliphatic rings. The molecule has 0 radical (unpaired) electrons. The lowest BCUT2D eigenvalue weighted by Crippen LogP contribution is -2.49. The molecule has 6 heteroatoms. The molecule has 3 saturated carbocycles. The molecule has 40 heavy (non-hydrogen) atoms. The molecule has 1 heterocycles. The molecule has 0 aliphatic heterocycles. The fourth-order valence-corrected chi connectivity index (χ4v) is 8.97. The number of esters is 1. The zero-order valence-corrected chi connectivity index (χ0v) is 25.6. The van der Waals surface area contributed by atoms with Crippen LogP contribution >= 0.6 is 0 Å². The maximum atomic E-state index is 11.6. The summed E-state index contributed by atoms with van der Waals surface area (Å²) in [6.45, 7) is 8.47. The van der Waals surface area contributed by atoms with Gasteiger partial charge in [0.15, 0.2) is 0 Å². The van der Waals surface area contributed by atoms with Crippen LogP contribution in [0.3, 0.4) is 0 Å². The molecule has 3 fully saturated rings. The number of ether oxygens (including phenoxy) is 1. The van der Waals surface area contributed by atoms with Crippen molar-refractivity contribution in [1.29, 1.82) is 0 Å². The lowest BCUT2D eigenvalue weighted by Gasteiger charge is -2.54. The van der Waals surface area contributed by atoms with E-state index in [0.717, 1.165) is 50.2 Å². The normalized spacial score (nSPS) is 34.0. The number of aliphatic hydroxyl groups is 1. The van der Waals surface area contributed by atoms with E-state index in [4.69, 9.17) is 4.74 Å². The van der Waals surface area contributed by atoms with E-state index in [1.54, 1.807) is 0 Å². The van der Waals surface area contributed by atoms with Crippen molar-refractivity contribution in [3.63, 3.8) is 0 Å². The second-order valence-corrected chi connectivity index (χ2v) is 13.8. The molecular formula is C34H57N3O3. The molecule has 226 valence electrons.